The van der Waals surface area contributed by atoms with E-state index < -0.39 is 5.97 Å². The number of aryl methyl sites for hydroxylation is 1. The van der Waals surface area contributed by atoms with Gasteiger partial charge in [0.25, 0.3) is 5.91 Å². The average molecular weight is 362 g/mol. The number of hydrogen-bond donors (Lipinski definition) is 2. The van der Waals surface area contributed by atoms with Crippen molar-refractivity contribution in [2.75, 3.05) is 11.9 Å². The molecule has 0 saturated heterocycles. The third kappa shape index (κ3) is 5.80. The number of hydrogen-bond acceptors (Lipinski definition) is 3. The maximum absolute atomic E-state index is 12.5. The van der Waals surface area contributed by atoms with Crippen LogP contribution in [0.25, 0.3) is 0 Å². The number of carbonyl (C=O) groups is 2. The topological polar surface area (TPSA) is 75.6 Å². The summed E-state index contributed by atoms with van der Waals surface area (Å²) in [6.45, 7) is 2.51. The molecule has 0 aliphatic rings. The summed E-state index contributed by atoms with van der Waals surface area (Å²) >= 11 is 5.93. The van der Waals surface area contributed by atoms with E-state index >= 15 is 0 Å². The Balaban J connectivity index is 2.23. The number of carboxylic acids is 1. The number of ether oxygens (including phenoxy) is 1. The summed E-state index contributed by atoms with van der Waals surface area (Å²) in [6, 6.07) is 12.0. The summed E-state index contributed by atoms with van der Waals surface area (Å²) in [7, 11) is 0. The van der Waals surface area contributed by atoms with Crippen LogP contribution in [0, 0.1) is 0 Å². The zero-order valence-corrected chi connectivity index (χ0v) is 14.7. The molecule has 0 aliphatic heterocycles. The fraction of sp³-hybridized carbons (Fsp3) is 0.263. The molecule has 0 heterocycles. The lowest BCUT2D eigenvalue weighted by Crippen LogP contribution is -2.13. The Morgan fingerprint density at radius 1 is 1.20 bits per heavy atom. The summed E-state index contributed by atoms with van der Waals surface area (Å²) in [6.07, 6.45) is 1.24. The van der Waals surface area contributed by atoms with Crippen LogP contribution in [0.4, 0.5) is 5.69 Å². The maximum atomic E-state index is 12.5. The molecule has 6 heteroatoms. The molecule has 0 atom stereocenters. The number of rotatable bonds is 8. The minimum atomic E-state index is -0.865. The van der Waals surface area contributed by atoms with Crippen molar-refractivity contribution in [3.63, 3.8) is 0 Å². The summed E-state index contributed by atoms with van der Waals surface area (Å²) in [4.78, 5) is 23.2. The monoisotopic (exact) mass is 361 g/mol. The first-order valence-electron chi connectivity index (χ1n) is 8.04. The molecule has 0 saturated carbocycles. The van der Waals surface area contributed by atoms with E-state index in [1.165, 1.54) is 0 Å². The van der Waals surface area contributed by atoms with Crippen molar-refractivity contribution < 1.29 is 19.4 Å². The fourth-order valence-corrected chi connectivity index (χ4v) is 2.43. The van der Waals surface area contributed by atoms with Crippen molar-refractivity contribution in [1.82, 2.24) is 0 Å². The highest BCUT2D eigenvalue weighted by Gasteiger charge is 2.12. The second-order valence-corrected chi connectivity index (χ2v) is 5.97. The van der Waals surface area contributed by atoms with Gasteiger partial charge in [0.05, 0.1) is 12.3 Å². The molecule has 2 rings (SSSR count). The van der Waals surface area contributed by atoms with Gasteiger partial charge in [-0.1, -0.05) is 30.7 Å². The molecular formula is C19H20ClNO4. The molecule has 5 nitrogen and oxygen atoms in total. The standard InChI is InChI=1S/C19H20ClNO4/c1-2-10-25-17-8-6-13(7-9-18(22)23)11-16(17)21-19(24)14-4-3-5-15(20)12-14/h3-6,8,11-12H,2,7,9-10H2,1H3,(H,21,24)(H,22,23). The molecule has 0 aromatic heterocycles. The number of halogens is 1. The molecule has 0 bridgehead atoms. The second-order valence-electron chi connectivity index (χ2n) is 5.54. The number of carboxylic acid groups (broad SMARTS) is 1. The van der Waals surface area contributed by atoms with Gasteiger partial charge < -0.3 is 15.2 Å². The molecule has 0 aliphatic carbocycles. The zero-order valence-electron chi connectivity index (χ0n) is 13.9. The number of nitrogens with one attached hydrogen (secondary N) is 1. The van der Waals surface area contributed by atoms with Crippen LogP contribution in [0.1, 0.15) is 35.7 Å². The third-order valence-electron chi connectivity index (χ3n) is 3.47. The van der Waals surface area contributed by atoms with Crippen molar-refractivity contribution in [2.24, 2.45) is 0 Å². The average Bonchev–Trinajstić information content (AvgIpc) is 2.59. The van der Waals surface area contributed by atoms with E-state index in [-0.39, 0.29) is 12.3 Å². The van der Waals surface area contributed by atoms with E-state index in [1.54, 1.807) is 36.4 Å². The van der Waals surface area contributed by atoms with Gasteiger partial charge in [0.15, 0.2) is 0 Å². The minimum absolute atomic E-state index is 0.0246. The van der Waals surface area contributed by atoms with Gasteiger partial charge in [-0.15, -0.1) is 0 Å². The lowest BCUT2D eigenvalue weighted by Gasteiger charge is -2.14. The van der Waals surface area contributed by atoms with Crippen LogP contribution < -0.4 is 10.1 Å². The Bertz CT molecular complexity index is 761. The van der Waals surface area contributed by atoms with Crippen molar-refractivity contribution >= 4 is 29.2 Å². The Kier molecular flexibility index (Phi) is 6.83. The number of carbonyl (C=O) groups excluding carboxylic acids is 1. The van der Waals surface area contributed by atoms with Crippen LogP contribution in [0.3, 0.4) is 0 Å². The smallest absolute Gasteiger partial charge is 0.303 e. The van der Waals surface area contributed by atoms with Gasteiger partial charge in [0, 0.05) is 17.0 Å². The van der Waals surface area contributed by atoms with E-state index in [9.17, 15) is 9.59 Å². The molecule has 2 aromatic rings. The molecule has 132 valence electrons. The molecule has 0 fully saturated rings. The molecule has 25 heavy (non-hydrogen) atoms. The highest BCUT2D eigenvalue weighted by atomic mass is 35.5. The Labute approximate surface area is 151 Å². The number of aliphatic carboxylic acids is 1. The summed E-state index contributed by atoms with van der Waals surface area (Å²) in [5, 5.41) is 12.1. The molecule has 2 N–H and O–H groups in total. The quantitative estimate of drug-likeness (QED) is 0.730. The summed E-state index contributed by atoms with van der Waals surface area (Å²) < 4.78 is 5.67. The molecule has 0 unspecified atom stereocenters. The predicted molar refractivity (Wildman–Crippen MR) is 97.6 cm³/mol. The van der Waals surface area contributed by atoms with E-state index in [4.69, 9.17) is 21.4 Å². The highest BCUT2D eigenvalue weighted by Crippen LogP contribution is 2.27. The van der Waals surface area contributed by atoms with Gasteiger partial charge in [0.1, 0.15) is 5.75 Å². The molecule has 0 radical (unpaired) electrons. The Hall–Kier alpha value is -2.53. The van der Waals surface area contributed by atoms with Crippen molar-refractivity contribution in [3.05, 3.63) is 58.6 Å². The van der Waals surface area contributed by atoms with E-state index in [1.807, 2.05) is 13.0 Å². The van der Waals surface area contributed by atoms with Gasteiger partial charge in [-0.2, -0.15) is 0 Å². The van der Waals surface area contributed by atoms with Gasteiger partial charge >= 0.3 is 5.97 Å². The largest absolute Gasteiger partial charge is 0.491 e. The van der Waals surface area contributed by atoms with Crippen molar-refractivity contribution in [1.29, 1.82) is 0 Å². The highest BCUT2D eigenvalue weighted by molar-refractivity contribution is 6.31. The van der Waals surface area contributed by atoms with Crippen molar-refractivity contribution in [3.8, 4) is 5.75 Å². The van der Waals surface area contributed by atoms with Crippen LogP contribution in [0.15, 0.2) is 42.5 Å². The lowest BCUT2D eigenvalue weighted by atomic mass is 10.1. The van der Waals surface area contributed by atoms with Gasteiger partial charge in [0.2, 0.25) is 0 Å². The first kappa shape index (κ1) is 18.8. The first-order chi connectivity index (χ1) is 12.0. The predicted octanol–water partition coefficient (Wildman–Crippen LogP) is 4.40. The van der Waals surface area contributed by atoms with Gasteiger partial charge in [-0.25, -0.2) is 0 Å². The lowest BCUT2D eigenvalue weighted by molar-refractivity contribution is -0.136. The van der Waals surface area contributed by atoms with Gasteiger partial charge in [-0.3, -0.25) is 9.59 Å². The number of benzene rings is 2. The zero-order chi connectivity index (χ0) is 18.2. The fourth-order valence-electron chi connectivity index (χ4n) is 2.24. The van der Waals surface area contributed by atoms with Crippen LogP contribution in [0.2, 0.25) is 5.02 Å². The van der Waals surface area contributed by atoms with Crippen LogP contribution in [0.5, 0.6) is 5.75 Å². The van der Waals surface area contributed by atoms with Gasteiger partial charge in [-0.05, 0) is 48.7 Å². The Morgan fingerprint density at radius 3 is 2.68 bits per heavy atom. The SMILES string of the molecule is CCCOc1ccc(CCC(=O)O)cc1NC(=O)c1cccc(Cl)c1. The van der Waals surface area contributed by atoms with E-state index in [0.717, 1.165) is 12.0 Å². The normalized spacial score (nSPS) is 10.3. The first-order valence-corrected chi connectivity index (χ1v) is 8.42. The van der Waals surface area contributed by atoms with Crippen LogP contribution in [-0.2, 0) is 11.2 Å². The Morgan fingerprint density at radius 2 is 2.00 bits per heavy atom. The molecular weight excluding hydrogens is 342 g/mol. The van der Waals surface area contributed by atoms with E-state index in [2.05, 4.69) is 5.32 Å². The van der Waals surface area contributed by atoms with Crippen molar-refractivity contribution in [2.45, 2.75) is 26.2 Å². The van der Waals surface area contributed by atoms with Crippen LogP contribution in [-0.4, -0.2) is 23.6 Å². The summed E-state index contributed by atoms with van der Waals surface area (Å²) in [5.41, 5.74) is 1.76. The molecule has 0 spiro atoms. The molecule has 2 aromatic carbocycles. The second kappa shape index (κ2) is 9.08. The van der Waals surface area contributed by atoms with E-state index in [0.29, 0.717) is 35.1 Å². The molecule has 1 amide bonds. The van der Waals surface area contributed by atoms with Crippen LogP contribution >= 0.6 is 11.6 Å². The minimum Gasteiger partial charge on any atom is -0.491 e. The summed E-state index contributed by atoms with van der Waals surface area (Å²) in [5.74, 6) is -0.619. The number of amides is 1. The third-order valence-corrected chi connectivity index (χ3v) is 3.70. The number of anilines is 1. The maximum Gasteiger partial charge on any atom is 0.303 e.